The zero-order valence-corrected chi connectivity index (χ0v) is 17.6. The third-order valence-electron chi connectivity index (χ3n) is 5.12. The van der Waals surface area contributed by atoms with Gasteiger partial charge in [-0.3, -0.25) is 0 Å². The Hall–Kier alpha value is -2.85. The van der Waals surface area contributed by atoms with Crippen LogP contribution in [0.3, 0.4) is 0 Å². The molecule has 0 saturated carbocycles. The lowest BCUT2D eigenvalue weighted by Gasteiger charge is -2.36. The SMILES string of the molecule is CC1c2cnc(-c3ncccn3)nc2CCN1c1cc(F)c(F)c(OCCCSO)c1. The van der Waals surface area contributed by atoms with Crippen LogP contribution in [0.1, 0.15) is 30.6 Å². The number of anilines is 1. The van der Waals surface area contributed by atoms with Crippen molar-refractivity contribution in [1.82, 2.24) is 19.9 Å². The predicted octanol–water partition coefficient (Wildman–Crippen LogP) is 4.31. The number of fused-ring (bicyclic) bond motifs is 1. The van der Waals surface area contributed by atoms with Gasteiger partial charge in [0, 0.05) is 60.7 Å². The Labute approximate surface area is 182 Å². The minimum Gasteiger partial charge on any atom is -0.490 e. The van der Waals surface area contributed by atoms with E-state index in [1.165, 1.54) is 12.1 Å². The van der Waals surface area contributed by atoms with Crippen LogP contribution in [0.25, 0.3) is 11.6 Å². The summed E-state index contributed by atoms with van der Waals surface area (Å²) in [5, 5.41) is 0. The molecule has 1 unspecified atom stereocenters. The highest BCUT2D eigenvalue weighted by Crippen LogP contribution is 2.36. The summed E-state index contributed by atoms with van der Waals surface area (Å²) in [5.74, 6) is -0.730. The van der Waals surface area contributed by atoms with Crippen LogP contribution in [0.5, 0.6) is 5.75 Å². The molecule has 1 N–H and O–H groups in total. The minimum atomic E-state index is -1.01. The van der Waals surface area contributed by atoms with Crippen molar-refractivity contribution in [3.63, 3.8) is 0 Å². The molecule has 0 fully saturated rings. The molecule has 3 heterocycles. The molecule has 1 atom stereocenters. The van der Waals surface area contributed by atoms with Crippen molar-refractivity contribution < 1.29 is 18.1 Å². The van der Waals surface area contributed by atoms with E-state index < -0.39 is 11.6 Å². The summed E-state index contributed by atoms with van der Waals surface area (Å²) in [6.45, 7) is 2.73. The van der Waals surface area contributed by atoms with Gasteiger partial charge in [0.25, 0.3) is 0 Å². The zero-order chi connectivity index (χ0) is 21.8. The minimum absolute atomic E-state index is 0.135. The fraction of sp³-hybridized carbons (Fsp3) is 0.333. The van der Waals surface area contributed by atoms with Gasteiger partial charge in [-0.25, -0.2) is 24.3 Å². The van der Waals surface area contributed by atoms with Crippen LogP contribution in [-0.4, -0.2) is 43.4 Å². The van der Waals surface area contributed by atoms with E-state index in [-0.39, 0.29) is 18.4 Å². The molecular weight excluding hydrogens is 424 g/mol. The molecule has 0 saturated heterocycles. The molecule has 1 aliphatic rings. The smallest absolute Gasteiger partial charge is 0.200 e. The molecule has 0 bridgehead atoms. The number of hydrogen-bond donors (Lipinski definition) is 1. The number of rotatable bonds is 7. The number of ether oxygens (including phenoxy) is 1. The molecule has 7 nitrogen and oxygen atoms in total. The van der Waals surface area contributed by atoms with Crippen molar-refractivity contribution in [2.75, 3.05) is 23.8 Å². The molecule has 0 amide bonds. The molecule has 2 aromatic heterocycles. The van der Waals surface area contributed by atoms with Crippen molar-refractivity contribution in [1.29, 1.82) is 0 Å². The van der Waals surface area contributed by atoms with E-state index in [9.17, 15) is 8.78 Å². The van der Waals surface area contributed by atoms with E-state index in [1.54, 1.807) is 24.7 Å². The highest BCUT2D eigenvalue weighted by Gasteiger charge is 2.28. The Morgan fingerprint density at radius 1 is 1.19 bits per heavy atom. The van der Waals surface area contributed by atoms with Crippen molar-refractivity contribution in [3.8, 4) is 17.4 Å². The van der Waals surface area contributed by atoms with Gasteiger partial charge in [-0.1, -0.05) is 0 Å². The largest absolute Gasteiger partial charge is 0.490 e. The maximum atomic E-state index is 14.3. The lowest BCUT2D eigenvalue weighted by molar-refractivity contribution is 0.296. The molecule has 4 rings (SSSR count). The lowest BCUT2D eigenvalue weighted by atomic mass is 9.98. The van der Waals surface area contributed by atoms with Gasteiger partial charge < -0.3 is 14.2 Å². The Bertz CT molecular complexity index is 1060. The summed E-state index contributed by atoms with van der Waals surface area (Å²) < 4.78 is 42.7. The average molecular weight is 445 g/mol. The number of nitrogens with zero attached hydrogens (tertiary/aromatic N) is 5. The number of benzene rings is 1. The fourth-order valence-corrected chi connectivity index (χ4v) is 3.81. The monoisotopic (exact) mass is 445 g/mol. The highest BCUT2D eigenvalue weighted by molar-refractivity contribution is 7.93. The third-order valence-corrected chi connectivity index (χ3v) is 5.59. The standard InChI is InChI=1S/C21H21F2N5O2S/c1-13-15-12-26-21(20-24-5-2-6-25-20)27-17(15)4-7-28(13)14-10-16(22)19(23)18(11-14)30-8-3-9-31-29/h2,5-6,10-13,29H,3-4,7-9H2,1H3. The molecule has 0 aliphatic carbocycles. The van der Waals surface area contributed by atoms with Gasteiger partial charge in [0.1, 0.15) is 0 Å². The van der Waals surface area contributed by atoms with E-state index in [4.69, 9.17) is 9.29 Å². The summed E-state index contributed by atoms with van der Waals surface area (Å²) in [6, 6.07) is 4.28. The maximum Gasteiger partial charge on any atom is 0.200 e. The van der Waals surface area contributed by atoms with Gasteiger partial charge in [-0.15, -0.1) is 0 Å². The topological polar surface area (TPSA) is 84.3 Å². The van der Waals surface area contributed by atoms with Crippen LogP contribution in [0.4, 0.5) is 14.5 Å². The van der Waals surface area contributed by atoms with E-state index in [0.29, 0.717) is 54.5 Å². The first-order chi connectivity index (χ1) is 15.1. The molecule has 3 aromatic rings. The highest BCUT2D eigenvalue weighted by atomic mass is 32.2. The van der Waals surface area contributed by atoms with Crippen LogP contribution in [-0.2, 0) is 6.42 Å². The summed E-state index contributed by atoms with van der Waals surface area (Å²) in [6.07, 6.45) is 6.16. The fourth-order valence-electron chi connectivity index (χ4n) is 3.57. The maximum absolute atomic E-state index is 14.3. The van der Waals surface area contributed by atoms with Crippen LogP contribution in [0.2, 0.25) is 0 Å². The zero-order valence-electron chi connectivity index (χ0n) is 16.8. The van der Waals surface area contributed by atoms with Gasteiger partial charge in [-0.05, 0) is 31.5 Å². The molecular formula is C21H21F2N5O2S. The predicted molar refractivity (Wildman–Crippen MR) is 114 cm³/mol. The lowest BCUT2D eigenvalue weighted by Crippen LogP contribution is -2.35. The molecule has 31 heavy (non-hydrogen) atoms. The van der Waals surface area contributed by atoms with E-state index in [1.807, 2.05) is 11.8 Å². The van der Waals surface area contributed by atoms with Crippen molar-refractivity contribution in [2.24, 2.45) is 0 Å². The van der Waals surface area contributed by atoms with Crippen LogP contribution >= 0.6 is 12.0 Å². The van der Waals surface area contributed by atoms with Crippen LogP contribution in [0.15, 0.2) is 36.8 Å². The third kappa shape index (κ3) is 4.59. The second-order valence-corrected chi connectivity index (χ2v) is 7.73. The van der Waals surface area contributed by atoms with Gasteiger partial charge in [0.2, 0.25) is 5.82 Å². The first-order valence-corrected chi connectivity index (χ1v) is 10.8. The van der Waals surface area contributed by atoms with E-state index >= 15 is 0 Å². The van der Waals surface area contributed by atoms with Crippen molar-refractivity contribution >= 4 is 17.7 Å². The van der Waals surface area contributed by atoms with E-state index in [0.717, 1.165) is 11.3 Å². The Kier molecular flexibility index (Phi) is 6.57. The van der Waals surface area contributed by atoms with Gasteiger partial charge in [-0.2, -0.15) is 4.39 Å². The van der Waals surface area contributed by atoms with Gasteiger partial charge >= 0.3 is 0 Å². The van der Waals surface area contributed by atoms with Crippen molar-refractivity contribution in [3.05, 3.63) is 59.7 Å². The molecule has 1 aliphatic heterocycles. The second kappa shape index (κ2) is 9.52. The molecule has 0 radical (unpaired) electrons. The number of halogens is 2. The van der Waals surface area contributed by atoms with Crippen molar-refractivity contribution in [2.45, 2.75) is 25.8 Å². The average Bonchev–Trinajstić information content (AvgIpc) is 2.80. The summed E-state index contributed by atoms with van der Waals surface area (Å²) in [4.78, 5) is 19.4. The Balaban J connectivity index is 1.58. The quantitative estimate of drug-likeness (QED) is 0.425. The Morgan fingerprint density at radius 3 is 2.77 bits per heavy atom. The molecule has 10 heteroatoms. The summed E-state index contributed by atoms with van der Waals surface area (Å²) in [7, 11) is 0. The Morgan fingerprint density at radius 2 is 2.00 bits per heavy atom. The molecule has 162 valence electrons. The molecule has 1 aromatic carbocycles. The summed E-state index contributed by atoms with van der Waals surface area (Å²) >= 11 is 0.688. The number of aromatic nitrogens is 4. The second-order valence-electron chi connectivity index (χ2n) is 7.06. The van der Waals surface area contributed by atoms with Gasteiger partial charge in [0.05, 0.1) is 18.3 Å². The van der Waals surface area contributed by atoms with Crippen LogP contribution < -0.4 is 9.64 Å². The summed E-state index contributed by atoms with van der Waals surface area (Å²) in [5.41, 5.74) is 2.33. The van der Waals surface area contributed by atoms with Gasteiger partial charge in [0.15, 0.2) is 23.2 Å². The first kappa shape index (κ1) is 21.4. The van der Waals surface area contributed by atoms with Crippen LogP contribution in [0, 0.1) is 11.6 Å². The van der Waals surface area contributed by atoms with E-state index in [2.05, 4.69) is 19.9 Å². The number of hydrogen-bond acceptors (Lipinski definition) is 8. The normalized spacial score (nSPS) is 15.6. The first-order valence-electron chi connectivity index (χ1n) is 9.86. The molecule has 0 spiro atoms.